The molecule has 2 fully saturated rings. The lowest BCUT2D eigenvalue weighted by atomic mass is 9.98. The van der Waals surface area contributed by atoms with Crippen LogP contribution in [0.15, 0.2) is 0 Å². The van der Waals surface area contributed by atoms with E-state index in [0.717, 1.165) is 77.7 Å². The minimum Gasteiger partial charge on any atom is -0.394 e. The molecule has 0 amide bonds. The smallest absolute Gasteiger partial charge is 0.394 e. The maximum Gasteiger partial charge on any atom is 0.403 e. The van der Waals surface area contributed by atoms with Crippen molar-refractivity contribution in [2.45, 2.75) is 210 Å². The first-order valence-electron chi connectivity index (χ1n) is 21.4. The number of rotatable bonds is 32. The minimum atomic E-state index is -4.54. The van der Waals surface area contributed by atoms with E-state index >= 15 is 0 Å². The van der Waals surface area contributed by atoms with Gasteiger partial charge in [-0.2, -0.15) is 13.2 Å². The Balaban J connectivity index is 1.79. The normalized spacial score (nSPS) is 24.7. The van der Waals surface area contributed by atoms with Crippen molar-refractivity contribution in [2.24, 2.45) is 0 Å². The van der Waals surface area contributed by atoms with Crippen LogP contribution < -0.4 is 10.6 Å². The molecule has 2 rings (SSSR count). The highest BCUT2D eigenvalue weighted by molar-refractivity contribution is 4.90. The lowest BCUT2D eigenvalue weighted by molar-refractivity contribution is -0.303. The first-order chi connectivity index (χ1) is 25.6. The third kappa shape index (κ3) is 21.5. The van der Waals surface area contributed by atoms with Gasteiger partial charge in [-0.25, -0.2) is 0 Å². The van der Waals surface area contributed by atoms with Crippen LogP contribution in [0, 0.1) is 0 Å². The number of hydrogen-bond donors (Lipinski definition) is 7. The summed E-state index contributed by atoms with van der Waals surface area (Å²) >= 11 is 0. The summed E-state index contributed by atoms with van der Waals surface area (Å²) < 4.78 is 54.0. The van der Waals surface area contributed by atoms with E-state index in [0.29, 0.717) is 19.3 Å². The number of piperazine rings is 1. The van der Waals surface area contributed by atoms with Crippen molar-refractivity contribution in [3.05, 3.63) is 0 Å². The molecule has 316 valence electrons. The van der Waals surface area contributed by atoms with E-state index in [2.05, 4.69) is 22.5 Å². The van der Waals surface area contributed by atoms with Crippen LogP contribution in [0.1, 0.15) is 155 Å². The van der Waals surface area contributed by atoms with Crippen molar-refractivity contribution in [1.29, 1.82) is 0 Å². The van der Waals surface area contributed by atoms with Gasteiger partial charge >= 0.3 is 6.18 Å². The second kappa shape index (κ2) is 29.6. The van der Waals surface area contributed by atoms with E-state index in [1.165, 1.54) is 70.6 Å². The Hall–Kier alpha value is -0.610. The van der Waals surface area contributed by atoms with Gasteiger partial charge < -0.3 is 45.2 Å². The predicted octanol–water partition coefficient (Wildman–Crippen LogP) is 5.95. The first-order valence-corrected chi connectivity index (χ1v) is 21.4. The molecule has 0 aliphatic carbocycles. The molecule has 8 atom stereocenters. The minimum absolute atomic E-state index is 0.129. The molecule has 2 aliphatic rings. The molecular weight excluding hydrogens is 691 g/mol. The number of nitrogens with one attached hydrogen (secondary N) is 2. The molecule has 0 aromatic rings. The van der Waals surface area contributed by atoms with E-state index in [4.69, 9.17) is 9.47 Å². The van der Waals surface area contributed by atoms with Crippen LogP contribution in [0.2, 0.25) is 0 Å². The standard InChI is InChI=1S/C40H78F3N3O7/c1-2-3-4-5-6-7-8-9-10-11-14-17-20-23-33(48)32(31-52-39-38(51)37(50)36(49)34(30-47)53-39)45-35(40(41,42)43)24-21-18-15-12-13-16-19-22-27-46-28-25-44-26-29-46/h32-39,44-45,47-51H,2-31H2,1H3/t32-,33+,34?,35-,36?,37?,38?,39?/m0/s1. The van der Waals surface area contributed by atoms with Crippen LogP contribution in [-0.4, -0.2) is 131 Å². The summed E-state index contributed by atoms with van der Waals surface area (Å²) in [5, 5.41) is 57.3. The van der Waals surface area contributed by atoms with E-state index in [1.807, 2.05) is 0 Å². The van der Waals surface area contributed by atoms with Crippen LogP contribution in [0.25, 0.3) is 0 Å². The lowest BCUT2D eigenvalue weighted by Crippen LogP contribution is -2.60. The van der Waals surface area contributed by atoms with Gasteiger partial charge in [-0.3, -0.25) is 5.32 Å². The Morgan fingerprint density at radius 3 is 1.72 bits per heavy atom. The highest BCUT2D eigenvalue weighted by atomic mass is 19.4. The van der Waals surface area contributed by atoms with Crippen LogP contribution in [0.3, 0.4) is 0 Å². The fourth-order valence-corrected chi connectivity index (χ4v) is 7.53. The summed E-state index contributed by atoms with van der Waals surface area (Å²) in [6, 6.07) is -2.97. The number of aliphatic hydroxyl groups excluding tert-OH is 5. The summed E-state index contributed by atoms with van der Waals surface area (Å²) in [5.74, 6) is 0. The summed E-state index contributed by atoms with van der Waals surface area (Å²) in [4.78, 5) is 2.49. The Bertz CT molecular complexity index is 857. The van der Waals surface area contributed by atoms with Gasteiger partial charge in [-0.15, -0.1) is 0 Å². The topological polar surface area (TPSA) is 147 Å². The average Bonchev–Trinajstić information content (AvgIpc) is 3.14. The number of unbranched alkanes of at least 4 members (excludes halogenated alkanes) is 19. The van der Waals surface area contributed by atoms with Gasteiger partial charge in [0.15, 0.2) is 6.29 Å². The molecule has 2 heterocycles. The van der Waals surface area contributed by atoms with Crippen molar-refractivity contribution in [3.8, 4) is 0 Å². The predicted molar refractivity (Wildman–Crippen MR) is 204 cm³/mol. The Labute approximate surface area is 319 Å². The van der Waals surface area contributed by atoms with E-state index in [1.54, 1.807) is 0 Å². The Kier molecular flexibility index (Phi) is 27.1. The molecule has 5 unspecified atom stereocenters. The fraction of sp³-hybridized carbons (Fsp3) is 1.00. The van der Waals surface area contributed by atoms with Crippen molar-refractivity contribution in [3.63, 3.8) is 0 Å². The van der Waals surface area contributed by atoms with E-state index < -0.39 is 68.3 Å². The van der Waals surface area contributed by atoms with Gasteiger partial charge in [0.2, 0.25) is 0 Å². The van der Waals surface area contributed by atoms with Crippen molar-refractivity contribution in [2.75, 3.05) is 45.9 Å². The molecule has 7 N–H and O–H groups in total. The molecule has 53 heavy (non-hydrogen) atoms. The van der Waals surface area contributed by atoms with Crippen LogP contribution in [-0.2, 0) is 9.47 Å². The second-order valence-electron chi connectivity index (χ2n) is 15.7. The van der Waals surface area contributed by atoms with E-state index in [9.17, 15) is 38.7 Å². The average molecular weight is 770 g/mol. The van der Waals surface area contributed by atoms with Crippen LogP contribution >= 0.6 is 0 Å². The van der Waals surface area contributed by atoms with E-state index in [-0.39, 0.29) is 12.8 Å². The summed E-state index contributed by atoms with van der Waals surface area (Å²) in [6.07, 6.45) is 9.49. The van der Waals surface area contributed by atoms with Gasteiger partial charge in [0, 0.05) is 26.2 Å². The van der Waals surface area contributed by atoms with Crippen molar-refractivity contribution >= 4 is 0 Å². The summed E-state index contributed by atoms with van der Waals surface area (Å²) in [5.41, 5.74) is 0. The molecule has 13 heteroatoms. The zero-order valence-corrected chi connectivity index (χ0v) is 33.0. The molecule has 2 aliphatic heterocycles. The van der Waals surface area contributed by atoms with Gasteiger partial charge in [-0.05, 0) is 25.8 Å². The van der Waals surface area contributed by atoms with Crippen LogP contribution in [0.4, 0.5) is 13.2 Å². The second-order valence-corrected chi connectivity index (χ2v) is 15.7. The molecular formula is C40H78F3N3O7. The third-order valence-electron chi connectivity index (χ3n) is 11.1. The molecule has 10 nitrogen and oxygen atoms in total. The molecule has 0 radical (unpaired) electrons. The fourth-order valence-electron chi connectivity index (χ4n) is 7.53. The van der Waals surface area contributed by atoms with Gasteiger partial charge in [-0.1, -0.05) is 135 Å². The first kappa shape index (κ1) is 48.5. The zero-order chi connectivity index (χ0) is 38.7. The Morgan fingerprint density at radius 2 is 1.21 bits per heavy atom. The molecule has 0 saturated carbocycles. The number of aliphatic hydroxyl groups is 5. The zero-order valence-electron chi connectivity index (χ0n) is 33.0. The number of nitrogens with zero attached hydrogens (tertiary/aromatic N) is 1. The molecule has 2 saturated heterocycles. The number of ether oxygens (including phenoxy) is 2. The molecule has 0 spiro atoms. The number of alkyl halides is 3. The molecule has 0 bridgehead atoms. The largest absolute Gasteiger partial charge is 0.403 e. The Morgan fingerprint density at radius 1 is 0.717 bits per heavy atom. The molecule has 0 aromatic carbocycles. The maximum atomic E-state index is 14.3. The SMILES string of the molecule is CCCCCCCCCCCCCCC[C@@H](O)[C@H](COC1OC(CO)C(O)C(O)C1O)N[C@@H](CCCCCCCCCCN1CCNCC1)C(F)(F)F. The van der Waals surface area contributed by atoms with Crippen molar-refractivity contribution in [1.82, 2.24) is 15.5 Å². The number of halogens is 3. The summed E-state index contributed by atoms with van der Waals surface area (Å²) in [7, 11) is 0. The number of hydrogen-bond acceptors (Lipinski definition) is 10. The molecule has 0 aromatic heterocycles. The monoisotopic (exact) mass is 770 g/mol. The van der Waals surface area contributed by atoms with Crippen molar-refractivity contribution < 1.29 is 48.2 Å². The lowest BCUT2D eigenvalue weighted by Gasteiger charge is -2.40. The van der Waals surface area contributed by atoms with Crippen LogP contribution in [0.5, 0.6) is 0 Å². The summed E-state index contributed by atoms with van der Waals surface area (Å²) in [6.45, 7) is 6.61. The van der Waals surface area contributed by atoms with Gasteiger partial charge in [0.25, 0.3) is 0 Å². The third-order valence-corrected chi connectivity index (χ3v) is 11.1. The van der Waals surface area contributed by atoms with Gasteiger partial charge in [0.1, 0.15) is 30.5 Å². The highest BCUT2D eigenvalue weighted by Crippen LogP contribution is 2.27. The van der Waals surface area contributed by atoms with Gasteiger partial charge in [0.05, 0.1) is 25.4 Å². The maximum absolute atomic E-state index is 14.3. The highest BCUT2D eigenvalue weighted by Gasteiger charge is 2.45. The quantitative estimate of drug-likeness (QED) is 0.0410.